The average Bonchev–Trinajstić information content (AvgIpc) is 3.25. The van der Waals surface area contributed by atoms with Crippen LogP contribution in [0, 0.1) is 5.92 Å². The Labute approximate surface area is 205 Å². The van der Waals surface area contributed by atoms with Crippen LogP contribution >= 0.6 is 11.6 Å². The van der Waals surface area contributed by atoms with Crippen molar-refractivity contribution in [2.75, 3.05) is 13.1 Å². The van der Waals surface area contributed by atoms with Crippen molar-refractivity contribution in [3.8, 4) is 6.01 Å². The van der Waals surface area contributed by atoms with Gasteiger partial charge in [-0.2, -0.15) is 4.98 Å². The molecule has 6 nitrogen and oxygen atoms in total. The summed E-state index contributed by atoms with van der Waals surface area (Å²) in [5, 5.41) is 0.632. The van der Waals surface area contributed by atoms with E-state index in [0.717, 1.165) is 43.3 Å². The Morgan fingerprint density at radius 1 is 1.15 bits per heavy atom. The molecule has 2 aromatic heterocycles. The minimum atomic E-state index is 0.0290. The lowest BCUT2D eigenvalue weighted by atomic mass is 9.84. The standard InChI is InChI=1S/C27H31ClN4O2/c1-17(2)26(33)32-14-12-21(13-15-32)34-27-29-23-16-22(28)24(30-25(23)31-27)20-10-8-19(9-11-20)18-6-4-3-5-7-18/h3-7,10,16-17,19,21H,8-9,11-15H2,1-2H3,(H,29,30,31). The van der Waals surface area contributed by atoms with Crippen LogP contribution in [0.2, 0.25) is 5.02 Å². The zero-order valence-electron chi connectivity index (χ0n) is 19.8. The van der Waals surface area contributed by atoms with Gasteiger partial charge in [0.25, 0.3) is 6.01 Å². The highest BCUT2D eigenvalue weighted by atomic mass is 35.5. The van der Waals surface area contributed by atoms with E-state index in [-0.39, 0.29) is 17.9 Å². The molecular formula is C27H31ClN4O2. The molecule has 1 fully saturated rings. The van der Waals surface area contributed by atoms with Gasteiger partial charge in [0.2, 0.25) is 5.91 Å². The molecule has 34 heavy (non-hydrogen) atoms. The number of likely N-dealkylation sites (tertiary alicyclic amines) is 1. The van der Waals surface area contributed by atoms with E-state index in [1.807, 2.05) is 24.8 Å². The lowest BCUT2D eigenvalue weighted by molar-refractivity contribution is -0.136. The van der Waals surface area contributed by atoms with Gasteiger partial charge in [0.15, 0.2) is 5.65 Å². The van der Waals surface area contributed by atoms with Crippen LogP contribution in [0.25, 0.3) is 16.7 Å². The van der Waals surface area contributed by atoms with E-state index in [0.29, 0.717) is 35.7 Å². The maximum atomic E-state index is 12.2. The van der Waals surface area contributed by atoms with Gasteiger partial charge in [0, 0.05) is 31.8 Å². The summed E-state index contributed by atoms with van der Waals surface area (Å²) in [6.07, 6.45) is 6.91. The summed E-state index contributed by atoms with van der Waals surface area (Å²) in [6.45, 7) is 5.32. The number of hydrogen-bond donors (Lipinski definition) is 1. The molecule has 1 unspecified atom stereocenters. The molecule has 7 heteroatoms. The molecule has 1 saturated heterocycles. The van der Waals surface area contributed by atoms with Crippen LogP contribution < -0.4 is 4.74 Å². The van der Waals surface area contributed by atoms with Crippen molar-refractivity contribution in [2.24, 2.45) is 5.92 Å². The summed E-state index contributed by atoms with van der Waals surface area (Å²) in [5.41, 5.74) is 4.79. The number of allylic oxidation sites excluding steroid dienone is 2. The van der Waals surface area contributed by atoms with Crippen LogP contribution in [0.1, 0.15) is 63.1 Å². The largest absolute Gasteiger partial charge is 0.461 e. The first-order valence-electron chi connectivity index (χ1n) is 12.2. The molecule has 0 saturated carbocycles. The summed E-state index contributed by atoms with van der Waals surface area (Å²) in [6, 6.07) is 13.0. The van der Waals surface area contributed by atoms with Crippen LogP contribution in [0.5, 0.6) is 6.01 Å². The van der Waals surface area contributed by atoms with Gasteiger partial charge < -0.3 is 14.6 Å². The third-order valence-corrected chi connectivity index (χ3v) is 7.20. The van der Waals surface area contributed by atoms with Crippen molar-refractivity contribution in [1.82, 2.24) is 19.9 Å². The molecule has 2 aliphatic rings. The SMILES string of the molecule is CC(C)C(=O)N1CCC(Oc2nc3nc(C4=CCC(c5ccccc5)CC4)c(Cl)cc3[nH]2)CC1. The molecule has 0 spiro atoms. The maximum Gasteiger partial charge on any atom is 0.296 e. The molecule has 178 valence electrons. The third-order valence-electron chi connectivity index (χ3n) is 6.92. The van der Waals surface area contributed by atoms with Gasteiger partial charge in [0.1, 0.15) is 6.10 Å². The fraction of sp³-hybridized carbons (Fsp3) is 0.444. The van der Waals surface area contributed by atoms with Gasteiger partial charge in [-0.15, -0.1) is 0 Å². The van der Waals surface area contributed by atoms with Crippen molar-refractivity contribution in [3.05, 3.63) is 58.8 Å². The molecule has 1 N–H and O–H groups in total. The summed E-state index contributed by atoms with van der Waals surface area (Å²) < 4.78 is 6.11. The van der Waals surface area contributed by atoms with Crippen LogP contribution in [0.3, 0.4) is 0 Å². The number of carbonyl (C=O) groups excluding carboxylic acids is 1. The number of ether oxygens (including phenoxy) is 1. The summed E-state index contributed by atoms with van der Waals surface area (Å²) in [4.78, 5) is 26.7. The van der Waals surface area contributed by atoms with Gasteiger partial charge in [-0.3, -0.25) is 4.79 Å². The first-order valence-corrected chi connectivity index (χ1v) is 12.6. The Balaban J connectivity index is 1.26. The highest BCUT2D eigenvalue weighted by Gasteiger charge is 2.26. The minimum absolute atomic E-state index is 0.0290. The number of imidazole rings is 1. The number of H-pyrrole nitrogens is 1. The Bertz CT molecular complexity index is 1200. The highest BCUT2D eigenvalue weighted by Crippen LogP contribution is 2.38. The molecule has 0 radical (unpaired) electrons. The van der Waals surface area contributed by atoms with Crippen molar-refractivity contribution in [1.29, 1.82) is 0 Å². The van der Waals surface area contributed by atoms with Gasteiger partial charge in [-0.05, 0) is 42.4 Å². The Kier molecular flexibility index (Phi) is 6.59. The van der Waals surface area contributed by atoms with Crippen LogP contribution in [-0.2, 0) is 4.79 Å². The van der Waals surface area contributed by atoms with Gasteiger partial charge in [0.05, 0.1) is 16.2 Å². The maximum absolute atomic E-state index is 12.2. The zero-order chi connectivity index (χ0) is 23.7. The smallest absolute Gasteiger partial charge is 0.296 e. The first kappa shape index (κ1) is 22.9. The van der Waals surface area contributed by atoms with Gasteiger partial charge in [-0.1, -0.05) is 61.9 Å². The van der Waals surface area contributed by atoms with Gasteiger partial charge >= 0.3 is 0 Å². The molecule has 1 aliphatic carbocycles. The van der Waals surface area contributed by atoms with E-state index in [9.17, 15) is 4.79 Å². The summed E-state index contributed by atoms with van der Waals surface area (Å²) >= 11 is 6.63. The van der Waals surface area contributed by atoms with E-state index in [1.54, 1.807) is 0 Å². The van der Waals surface area contributed by atoms with Gasteiger partial charge in [-0.25, -0.2) is 4.98 Å². The number of amides is 1. The molecule has 0 bridgehead atoms. The van der Waals surface area contributed by atoms with Crippen molar-refractivity contribution in [2.45, 2.75) is 58.0 Å². The first-order chi connectivity index (χ1) is 16.5. The van der Waals surface area contributed by atoms with Crippen LogP contribution in [0.4, 0.5) is 0 Å². The van der Waals surface area contributed by atoms with E-state index in [1.165, 1.54) is 11.1 Å². The minimum Gasteiger partial charge on any atom is -0.461 e. The molecule has 1 amide bonds. The lowest BCUT2D eigenvalue weighted by Crippen LogP contribution is -2.43. The van der Waals surface area contributed by atoms with E-state index in [2.05, 4.69) is 46.4 Å². The predicted octanol–water partition coefficient (Wildman–Crippen LogP) is 5.99. The second kappa shape index (κ2) is 9.79. The number of halogens is 1. The Morgan fingerprint density at radius 3 is 2.59 bits per heavy atom. The van der Waals surface area contributed by atoms with E-state index < -0.39 is 0 Å². The van der Waals surface area contributed by atoms with E-state index in [4.69, 9.17) is 21.3 Å². The quantitative estimate of drug-likeness (QED) is 0.489. The van der Waals surface area contributed by atoms with Crippen LogP contribution in [-0.4, -0.2) is 45.0 Å². The molecule has 3 heterocycles. The van der Waals surface area contributed by atoms with Crippen LogP contribution in [0.15, 0.2) is 42.5 Å². The second-order valence-corrected chi connectivity index (χ2v) is 10.0. The molecule has 3 aromatic rings. The number of benzene rings is 1. The molecule has 5 rings (SSSR count). The normalized spacial score (nSPS) is 19.5. The number of rotatable bonds is 5. The Hall–Kier alpha value is -2.86. The number of nitrogens with one attached hydrogen (secondary N) is 1. The summed E-state index contributed by atoms with van der Waals surface area (Å²) in [5.74, 6) is 0.780. The summed E-state index contributed by atoms with van der Waals surface area (Å²) in [7, 11) is 0. The number of nitrogens with zero attached hydrogens (tertiary/aromatic N) is 3. The lowest BCUT2D eigenvalue weighted by Gasteiger charge is -2.32. The topological polar surface area (TPSA) is 71.1 Å². The number of piperidine rings is 1. The molecule has 1 atom stereocenters. The number of fused-ring (bicyclic) bond motifs is 1. The second-order valence-electron chi connectivity index (χ2n) is 9.64. The van der Waals surface area contributed by atoms with Crippen molar-refractivity contribution >= 4 is 34.2 Å². The average molecular weight is 479 g/mol. The number of pyridine rings is 1. The third kappa shape index (κ3) is 4.83. The number of aromatic nitrogens is 3. The monoisotopic (exact) mass is 478 g/mol. The fourth-order valence-corrected chi connectivity index (χ4v) is 5.24. The van der Waals surface area contributed by atoms with Crippen molar-refractivity contribution in [3.63, 3.8) is 0 Å². The Morgan fingerprint density at radius 2 is 1.91 bits per heavy atom. The highest BCUT2D eigenvalue weighted by molar-refractivity contribution is 6.32. The predicted molar refractivity (Wildman–Crippen MR) is 135 cm³/mol. The molecular weight excluding hydrogens is 448 g/mol. The molecule has 1 aromatic carbocycles. The number of hydrogen-bond acceptors (Lipinski definition) is 4. The van der Waals surface area contributed by atoms with Crippen molar-refractivity contribution < 1.29 is 9.53 Å². The fourth-order valence-electron chi connectivity index (χ4n) is 4.97. The molecule has 1 aliphatic heterocycles. The van der Waals surface area contributed by atoms with E-state index >= 15 is 0 Å². The number of aromatic amines is 1. The number of carbonyl (C=O) groups is 1. The zero-order valence-corrected chi connectivity index (χ0v) is 20.5.